The van der Waals surface area contributed by atoms with Crippen molar-refractivity contribution < 1.29 is 0 Å². The second-order valence-electron chi connectivity index (χ2n) is 5.93. The minimum atomic E-state index is 0.624. The van der Waals surface area contributed by atoms with Gasteiger partial charge in [-0.1, -0.05) is 30.3 Å². The van der Waals surface area contributed by atoms with E-state index in [0.29, 0.717) is 6.54 Å². The Morgan fingerprint density at radius 1 is 1.08 bits per heavy atom. The van der Waals surface area contributed by atoms with Crippen molar-refractivity contribution in [2.24, 2.45) is 4.99 Å². The van der Waals surface area contributed by atoms with Gasteiger partial charge in [0.25, 0.3) is 0 Å². The smallest absolute Gasteiger partial charge is 0.191 e. The quantitative estimate of drug-likeness (QED) is 0.369. The van der Waals surface area contributed by atoms with Crippen LogP contribution in [0.4, 0.5) is 0 Å². The van der Waals surface area contributed by atoms with E-state index in [2.05, 4.69) is 54.5 Å². The Bertz CT molecular complexity index is 790. The monoisotopic (exact) mass is 351 g/mol. The lowest BCUT2D eigenvalue weighted by molar-refractivity contribution is 0.569. The SMILES string of the molecule is CN=C(NCCCn1cccn1)NCc1nccn1Cc1ccccc1. The maximum absolute atomic E-state index is 4.45. The van der Waals surface area contributed by atoms with Crippen LogP contribution in [-0.4, -0.2) is 38.9 Å². The predicted octanol–water partition coefficient (Wildman–Crippen LogP) is 1.88. The van der Waals surface area contributed by atoms with Gasteiger partial charge in [-0.2, -0.15) is 5.10 Å². The average Bonchev–Trinajstić information content (AvgIpc) is 3.34. The van der Waals surface area contributed by atoms with Gasteiger partial charge in [0, 0.05) is 51.5 Å². The molecule has 0 saturated heterocycles. The van der Waals surface area contributed by atoms with E-state index in [1.807, 2.05) is 35.4 Å². The average molecular weight is 351 g/mol. The molecule has 136 valence electrons. The van der Waals surface area contributed by atoms with Crippen molar-refractivity contribution in [2.75, 3.05) is 13.6 Å². The number of benzene rings is 1. The standard InChI is InChI=1S/C19H25N7/c1-20-19(22-9-5-12-26-13-6-10-24-26)23-15-18-21-11-14-25(18)16-17-7-3-2-4-8-17/h2-4,6-8,10-11,13-14H,5,9,12,15-16H2,1H3,(H2,20,22,23). The molecule has 7 heteroatoms. The van der Waals surface area contributed by atoms with Crippen LogP contribution in [0.1, 0.15) is 17.8 Å². The van der Waals surface area contributed by atoms with Gasteiger partial charge in [-0.15, -0.1) is 0 Å². The van der Waals surface area contributed by atoms with Crippen LogP contribution in [0.2, 0.25) is 0 Å². The summed E-state index contributed by atoms with van der Waals surface area (Å²) in [4.78, 5) is 8.73. The molecule has 2 aromatic heterocycles. The minimum Gasteiger partial charge on any atom is -0.356 e. The number of hydrogen-bond acceptors (Lipinski definition) is 3. The number of aromatic nitrogens is 4. The molecule has 0 aliphatic carbocycles. The van der Waals surface area contributed by atoms with E-state index >= 15 is 0 Å². The van der Waals surface area contributed by atoms with Crippen molar-refractivity contribution in [3.8, 4) is 0 Å². The van der Waals surface area contributed by atoms with Gasteiger partial charge in [0.15, 0.2) is 5.96 Å². The number of nitrogens with zero attached hydrogens (tertiary/aromatic N) is 5. The second-order valence-corrected chi connectivity index (χ2v) is 5.93. The largest absolute Gasteiger partial charge is 0.356 e. The fraction of sp³-hybridized carbons (Fsp3) is 0.316. The summed E-state index contributed by atoms with van der Waals surface area (Å²) in [5, 5.41) is 10.8. The summed E-state index contributed by atoms with van der Waals surface area (Å²) in [5.74, 6) is 1.76. The maximum Gasteiger partial charge on any atom is 0.191 e. The Labute approximate surface area is 153 Å². The van der Waals surface area contributed by atoms with Gasteiger partial charge < -0.3 is 15.2 Å². The molecule has 0 aliphatic heterocycles. The van der Waals surface area contributed by atoms with Crippen molar-refractivity contribution in [3.63, 3.8) is 0 Å². The molecule has 0 aliphatic rings. The normalized spacial score (nSPS) is 11.5. The molecular weight excluding hydrogens is 326 g/mol. The zero-order valence-electron chi connectivity index (χ0n) is 15.0. The van der Waals surface area contributed by atoms with Crippen LogP contribution in [0, 0.1) is 0 Å². The number of rotatable bonds is 8. The van der Waals surface area contributed by atoms with Gasteiger partial charge in [0.05, 0.1) is 6.54 Å². The molecule has 1 aromatic carbocycles. The molecule has 2 N–H and O–H groups in total. The molecule has 2 heterocycles. The summed E-state index contributed by atoms with van der Waals surface area (Å²) in [6.45, 7) is 3.16. The number of aryl methyl sites for hydroxylation is 1. The van der Waals surface area contributed by atoms with Gasteiger partial charge in [-0.05, 0) is 18.1 Å². The molecule has 0 radical (unpaired) electrons. The maximum atomic E-state index is 4.45. The fourth-order valence-corrected chi connectivity index (χ4v) is 2.70. The molecule has 3 aromatic rings. The van der Waals surface area contributed by atoms with Crippen LogP contribution < -0.4 is 10.6 Å². The Kier molecular flexibility index (Phi) is 6.41. The number of guanidine groups is 1. The Hall–Kier alpha value is -3.09. The third-order valence-corrected chi connectivity index (χ3v) is 4.05. The Balaban J connectivity index is 1.44. The van der Waals surface area contributed by atoms with Crippen LogP contribution in [0.25, 0.3) is 0 Å². The lowest BCUT2D eigenvalue weighted by Gasteiger charge is -2.13. The first-order chi connectivity index (χ1) is 12.8. The number of aliphatic imine (C=N–C) groups is 1. The molecule has 26 heavy (non-hydrogen) atoms. The summed E-state index contributed by atoms with van der Waals surface area (Å²) in [7, 11) is 1.78. The zero-order valence-corrected chi connectivity index (χ0v) is 15.0. The zero-order chi connectivity index (χ0) is 18.0. The molecule has 0 unspecified atom stereocenters. The van der Waals surface area contributed by atoms with Crippen LogP contribution in [0.5, 0.6) is 0 Å². The summed E-state index contributed by atoms with van der Waals surface area (Å²) < 4.78 is 4.07. The van der Waals surface area contributed by atoms with Gasteiger partial charge in [0.1, 0.15) is 5.82 Å². The van der Waals surface area contributed by atoms with E-state index in [9.17, 15) is 0 Å². The third kappa shape index (κ3) is 5.20. The number of imidazole rings is 1. The van der Waals surface area contributed by atoms with Crippen LogP contribution in [0.3, 0.4) is 0 Å². The molecule has 0 atom stereocenters. The molecule has 0 spiro atoms. The first-order valence-corrected chi connectivity index (χ1v) is 8.81. The second kappa shape index (κ2) is 9.41. The van der Waals surface area contributed by atoms with Crippen molar-refractivity contribution in [1.82, 2.24) is 30.0 Å². The molecular formula is C19H25N7. The first kappa shape index (κ1) is 17.7. The van der Waals surface area contributed by atoms with Gasteiger partial charge >= 0.3 is 0 Å². The Morgan fingerprint density at radius 3 is 2.73 bits per heavy atom. The van der Waals surface area contributed by atoms with E-state index in [4.69, 9.17) is 0 Å². The van der Waals surface area contributed by atoms with E-state index < -0.39 is 0 Å². The lowest BCUT2D eigenvalue weighted by Crippen LogP contribution is -2.38. The summed E-state index contributed by atoms with van der Waals surface area (Å²) in [6.07, 6.45) is 8.58. The number of hydrogen-bond donors (Lipinski definition) is 2. The molecule has 3 rings (SSSR count). The molecule has 0 fully saturated rings. The molecule has 0 bridgehead atoms. The van der Waals surface area contributed by atoms with Gasteiger partial charge in [-0.25, -0.2) is 4.98 Å². The molecule has 7 nitrogen and oxygen atoms in total. The van der Waals surface area contributed by atoms with E-state index in [1.54, 1.807) is 13.2 Å². The molecule has 0 amide bonds. The van der Waals surface area contributed by atoms with Crippen molar-refractivity contribution in [2.45, 2.75) is 26.1 Å². The van der Waals surface area contributed by atoms with E-state index in [1.165, 1.54) is 5.56 Å². The molecule has 0 saturated carbocycles. The lowest BCUT2D eigenvalue weighted by atomic mass is 10.2. The summed E-state index contributed by atoms with van der Waals surface area (Å²) in [5.41, 5.74) is 1.26. The highest BCUT2D eigenvalue weighted by molar-refractivity contribution is 5.79. The van der Waals surface area contributed by atoms with Crippen LogP contribution in [-0.2, 0) is 19.6 Å². The Morgan fingerprint density at radius 2 is 1.96 bits per heavy atom. The highest BCUT2D eigenvalue weighted by Gasteiger charge is 2.05. The van der Waals surface area contributed by atoms with Crippen LogP contribution >= 0.6 is 0 Å². The van der Waals surface area contributed by atoms with Crippen molar-refractivity contribution in [3.05, 3.63) is 72.6 Å². The van der Waals surface area contributed by atoms with E-state index in [-0.39, 0.29) is 0 Å². The van der Waals surface area contributed by atoms with Gasteiger partial charge in [0.2, 0.25) is 0 Å². The van der Waals surface area contributed by atoms with Crippen molar-refractivity contribution in [1.29, 1.82) is 0 Å². The highest BCUT2D eigenvalue weighted by atomic mass is 15.3. The summed E-state index contributed by atoms with van der Waals surface area (Å²) >= 11 is 0. The topological polar surface area (TPSA) is 72.1 Å². The summed E-state index contributed by atoms with van der Waals surface area (Å²) in [6, 6.07) is 12.3. The fourth-order valence-electron chi connectivity index (χ4n) is 2.70. The first-order valence-electron chi connectivity index (χ1n) is 8.81. The predicted molar refractivity (Wildman–Crippen MR) is 103 cm³/mol. The third-order valence-electron chi connectivity index (χ3n) is 4.05. The highest BCUT2D eigenvalue weighted by Crippen LogP contribution is 2.05. The van der Waals surface area contributed by atoms with Crippen molar-refractivity contribution >= 4 is 5.96 Å². The number of nitrogens with one attached hydrogen (secondary N) is 2. The minimum absolute atomic E-state index is 0.624. The van der Waals surface area contributed by atoms with Crippen LogP contribution in [0.15, 0.2) is 66.2 Å². The van der Waals surface area contributed by atoms with Gasteiger partial charge in [-0.3, -0.25) is 9.67 Å². The van der Waals surface area contributed by atoms with E-state index in [0.717, 1.165) is 37.8 Å².